The summed E-state index contributed by atoms with van der Waals surface area (Å²) in [5.41, 5.74) is 4.91. The molecule has 0 unspecified atom stereocenters. The minimum Gasteiger partial charge on any atom is -0.480 e. The van der Waals surface area contributed by atoms with E-state index in [2.05, 4.69) is 22.0 Å². The molecule has 7 heteroatoms. The van der Waals surface area contributed by atoms with Crippen LogP contribution in [0.3, 0.4) is 0 Å². The summed E-state index contributed by atoms with van der Waals surface area (Å²) in [6.45, 7) is 4.89. The van der Waals surface area contributed by atoms with E-state index in [-0.39, 0.29) is 19.7 Å². The molecule has 0 fully saturated rings. The van der Waals surface area contributed by atoms with Gasteiger partial charge in [-0.3, -0.25) is 4.79 Å². The number of hydrogen-bond donors (Lipinski definition) is 2. The van der Waals surface area contributed by atoms with Crippen LogP contribution in [-0.2, 0) is 19.1 Å². The van der Waals surface area contributed by atoms with Gasteiger partial charge in [-0.2, -0.15) is 0 Å². The number of ether oxygens (including phenoxy) is 1. The van der Waals surface area contributed by atoms with Gasteiger partial charge < -0.3 is 15.6 Å². The third-order valence-corrected chi connectivity index (χ3v) is 1.02. The predicted octanol–water partition coefficient (Wildman–Crippen LogP) is -0.529. The third kappa shape index (κ3) is 14.5. The molecule has 0 aliphatic rings. The molecular weight excluding hydrogens is 216 g/mol. The van der Waals surface area contributed by atoms with Crippen LogP contribution in [0, 0.1) is 0 Å². The maximum absolute atomic E-state index is 10.6. The maximum Gasteiger partial charge on any atom is 0.333 e. The van der Waals surface area contributed by atoms with Crippen molar-refractivity contribution in [1.82, 2.24) is 0 Å². The van der Waals surface area contributed by atoms with Crippen molar-refractivity contribution >= 4 is 18.0 Å². The third-order valence-electron chi connectivity index (χ3n) is 1.02. The number of nitrogens with two attached hydrogens (primary N) is 1. The Bertz CT molecular complexity index is 294. The zero-order valence-corrected chi connectivity index (χ0v) is 8.93. The van der Waals surface area contributed by atoms with Crippen LogP contribution in [0.15, 0.2) is 17.1 Å². The Morgan fingerprint density at radius 2 is 2.06 bits per heavy atom. The average molecular weight is 230 g/mol. The van der Waals surface area contributed by atoms with Crippen LogP contribution in [0.4, 0.5) is 0 Å². The molecule has 0 amide bonds. The number of esters is 1. The van der Waals surface area contributed by atoms with Gasteiger partial charge in [0.2, 0.25) is 6.08 Å². The molecule has 16 heavy (non-hydrogen) atoms. The summed E-state index contributed by atoms with van der Waals surface area (Å²) in [7, 11) is 0. The standard InChI is InChI=1S/C7H9NO3.C2H5NO2/c1-6(2)7(10)11-4-3-8-5-9;3-1-2(4)5/h1,3-4H2,2H3;1,3H2,(H,4,5). The lowest BCUT2D eigenvalue weighted by Crippen LogP contribution is -2.10. The number of aliphatic imine (C=N–C) groups is 1. The summed E-state index contributed by atoms with van der Waals surface area (Å²) < 4.78 is 4.59. The molecule has 0 bridgehead atoms. The van der Waals surface area contributed by atoms with Gasteiger partial charge in [-0.15, -0.1) is 0 Å². The summed E-state index contributed by atoms with van der Waals surface area (Å²) in [6, 6.07) is 0. The summed E-state index contributed by atoms with van der Waals surface area (Å²) in [6.07, 6.45) is 1.33. The van der Waals surface area contributed by atoms with Crippen LogP contribution < -0.4 is 5.73 Å². The molecule has 0 atom stereocenters. The molecule has 0 saturated heterocycles. The van der Waals surface area contributed by atoms with Gasteiger partial charge in [-0.1, -0.05) is 6.58 Å². The first-order chi connectivity index (χ1) is 7.45. The van der Waals surface area contributed by atoms with Gasteiger partial charge in [0.15, 0.2) is 0 Å². The monoisotopic (exact) mass is 230 g/mol. The number of hydrogen-bond acceptors (Lipinski definition) is 6. The van der Waals surface area contributed by atoms with Gasteiger partial charge in [0, 0.05) is 5.57 Å². The topological polar surface area (TPSA) is 119 Å². The smallest absolute Gasteiger partial charge is 0.333 e. The first-order valence-corrected chi connectivity index (χ1v) is 4.23. The molecular formula is C9H14N2O5. The minimum absolute atomic E-state index is 0.0981. The highest BCUT2D eigenvalue weighted by Crippen LogP contribution is 1.90. The van der Waals surface area contributed by atoms with E-state index >= 15 is 0 Å². The molecule has 0 saturated carbocycles. The molecule has 90 valence electrons. The van der Waals surface area contributed by atoms with Gasteiger partial charge in [-0.05, 0) is 6.92 Å². The Kier molecular flexibility index (Phi) is 11.4. The Balaban J connectivity index is 0. The summed E-state index contributed by atoms with van der Waals surface area (Å²) >= 11 is 0. The van der Waals surface area contributed by atoms with Crippen molar-refractivity contribution in [2.75, 3.05) is 19.7 Å². The van der Waals surface area contributed by atoms with E-state index in [9.17, 15) is 14.4 Å². The first-order valence-electron chi connectivity index (χ1n) is 4.23. The molecule has 0 rings (SSSR count). The second kappa shape index (κ2) is 11.1. The van der Waals surface area contributed by atoms with Crippen LogP contribution in [0.2, 0.25) is 0 Å². The molecule has 0 aromatic rings. The molecule has 0 radical (unpaired) electrons. The first kappa shape index (κ1) is 16.4. The minimum atomic E-state index is -0.968. The Morgan fingerprint density at radius 1 is 1.56 bits per heavy atom. The SMILES string of the molecule is C=C(C)C(=O)OCCN=C=O.NCC(=O)O. The van der Waals surface area contributed by atoms with Crippen LogP contribution in [0.25, 0.3) is 0 Å². The molecule has 0 aromatic carbocycles. The molecule has 7 nitrogen and oxygen atoms in total. The van der Waals surface area contributed by atoms with Gasteiger partial charge in [0.05, 0.1) is 13.1 Å². The highest BCUT2D eigenvalue weighted by atomic mass is 16.5. The number of aliphatic carboxylic acids is 1. The summed E-state index contributed by atoms with van der Waals surface area (Å²) in [4.78, 5) is 32.6. The number of carboxylic acids is 1. The number of carbonyl (C=O) groups is 2. The van der Waals surface area contributed by atoms with E-state index in [1.54, 1.807) is 6.92 Å². The molecule has 0 aliphatic carbocycles. The van der Waals surface area contributed by atoms with Crippen molar-refractivity contribution in [3.63, 3.8) is 0 Å². The lowest BCUT2D eigenvalue weighted by Gasteiger charge is -1.99. The van der Waals surface area contributed by atoms with Crippen molar-refractivity contribution in [1.29, 1.82) is 0 Å². The predicted molar refractivity (Wildman–Crippen MR) is 55.5 cm³/mol. The van der Waals surface area contributed by atoms with Crippen LogP contribution in [0.1, 0.15) is 6.92 Å². The second-order valence-corrected chi connectivity index (χ2v) is 2.49. The molecule has 0 aliphatic heterocycles. The van der Waals surface area contributed by atoms with Crippen LogP contribution in [0.5, 0.6) is 0 Å². The fourth-order valence-corrected chi connectivity index (χ4v) is 0.353. The van der Waals surface area contributed by atoms with Crippen molar-refractivity contribution in [3.8, 4) is 0 Å². The quantitative estimate of drug-likeness (QED) is 0.215. The van der Waals surface area contributed by atoms with Gasteiger partial charge in [0.1, 0.15) is 6.61 Å². The molecule has 0 aromatic heterocycles. The maximum atomic E-state index is 10.6. The summed E-state index contributed by atoms with van der Waals surface area (Å²) in [5, 5.41) is 7.60. The highest BCUT2D eigenvalue weighted by Gasteiger charge is 2.00. The summed E-state index contributed by atoms with van der Waals surface area (Å²) in [5.74, 6) is -1.43. The van der Waals surface area contributed by atoms with Crippen LogP contribution >= 0.6 is 0 Å². The van der Waals surface area contributed by atoms with Crippen molar-refractivity contribution in [2.24, 2.45) is 10.7 Å². The largest absolute Gasteiger partial charge is 0.480 e. The number of isocyanates is 1. The lowest BCUT2D eigenvalue weighted by atomic mass is 10.4. The fraction of sp³-hybridized carbons (Fsp3) is 0.444. The number of carbonyl (C=O) groups excluding carboxylic acids is 2. The Hall–Kier alpha value is -1.98. The van der Waals surface area contributed by atoms with E-state index in [0.717, 1.165) is 0 Å². The van der Waals surface area contributed by atoms with Crippen molar-refractivity contribution in [3.05, 3.63) is 12.2 Å². The highest BCUT2D eigenvalue weighted by molar-refractivity contribution is 5.86. The number of carboxylic acid groups (broad SMARTS) is 1. The number of nitrogens with zero attached hydrogens (tertiary/aromatic N) is 1. The Morgan fingerprint density at radius 3 is 2.38 bits per heavy atom. The average Bonchev–Trinajstić information content (AvgIpc) is 2.24. The fourth-order valence-electron chi connectivity index (χ4n) is 0.353. The van der Waals surface area contributed by atoms with Gasteiger partial charge in [-0.25, -0.2) is 14.6 Å². The van der Waals surface area contributed by atoms with E-state index < -0.39 is 11.9 Å². The van der Waals surface area contributed by atoms with E-state index in [1.807, 2.05) is 0 Å². The van der Waals surface area contributed by atoms with E-state index in [4.69, 9.17) is 5.11 Å². The van der Waals surface area contributed by atoms with E-state index in [0.29, 0.717) is 5.57 Å². The number of rotatable bonds is 5. The zero-order valence-electron chi connectivity index (χ0n) is 8.93. The van der Waals surface area contributed by atoms with Gasteiger partial charge >= 0.3 is 11.9 Å². The van der Waals surface area contributed by atoms with E-state index in [1.165, 1.54) is 6.08 Å². The molecule has 0 heterocycles. The lowest BCUT2D eigenvalue weighted by molar-refractivity contribution is -0.138. The van der Waals surface area contributed by atoms with Crippen LogP contribution in [-0.4, -0.2) is 42.8 Å². The normalized spacial score (nSPS) is 7.88. The van der Waals surface area contributed by atoms with Gasteiger partial charge in [0.25, 0.3) is 0 Å². The molecule has 3 N–H and O–H groups in total. The zero-order chi connectivity index (χ0) is 13.0. The van der Waals surface area contributed by atoms with Crippen molar-refractivity contribution < 1.29 is 24.2 Å². The second-order valence-electron chi connectivity index (χ2n) is 2.49. The van der Waals surface area contributed by atoms with Crippen molar-refractivity contribution in [2.45, 2.75) is 6.92 Å². The Labute approximate surface area is 92.6 Å². The molecule has 0 spiro atoms.